The highest BCUT2D eigenvalue weighted by atomic mass is 16.5. The van der Waals surface area contributed by atoms with Gasteiger partial charge in [-0.1, -0.05) is 69.7 Å². The summed E-state index contributed by atoms with van der Waals surface area (Å²) in [6.45, 7) is 2.97. The van der Waals surface area contributed by atoms with Gasteiger partial charge in [-0.05, 0) is 43.4 Å². The fourth-order valence-electron chi connectivity index (χ4n) is 4.93. The summed E-state index contributed by atoms with van der Waals surface area (Å²) in [5, 5.41) is 23.5. The number of primary amides is 1. The second kappa shape index (κ2) is 21.9. The molecule has 1 rings (SSSR count). The van der Waals surface area contributed by atoms with Gasteiger partial charge in [-0.2, -0.15) is 0 Å². The van der Waals surface area contributed by atoms with Crippen molar-refractivity contribution >= 4 is 29.5 Å². The average molecular weight is 633 g/mol. The van der Waals surface area contributed by atoms with Crippen molar-refractivity contribution in [3.63, 3.8) is 0 Å². The molecular formula is C34H52N2O9. The molecule has 2 amide bonds. The minimum atomic E-state index is -2.42. The molecule has 11 nitrogen and oxygen atoms in total. The number of hydrogen-bond acceptors (Lipinski definition) is 9. The minimum absolute atomic E-state index is 0.0128. The molecule has 5 N–H and O–H groups in total. The van der Waals surface area contributed by atoms with E-state index in [9.17, 15) is 34.2 Å². The number of phenolic OH excluding ortho intramolecular Hbond substituents is 1. The molecule has 0 aromatic heterocycles. The Balaban J connectivity index is 2.88. The minimum Gasteiger partial charge on any atom is -0.508 e. The second-order valence-electron chi connectivity index (χ2n) is 11.4. The normalized spacial score (nSPS) is 13.9. The van der Waals surface area contributed by atoms with Crippen LogP contribution in [0.5, 0.6) is 5.75 Å². The fourth-order valence-corrected chi connectivity index (χ4v) is 4.93. The number of phenols is 1. The average Bonchev–Trinajstić information content (AvgIpc) is 3.00. The van der Waals surface area contributed by atoms with Crippen molar-refractivity contribution in [1.29, 1.82) is 0 Å². The van der Waals surface area contributed by atoms with E-state index >= 15 is 0 Å². The molecule has 3 atom stereocenters. The number of esters is 2. The van der Waals surface area contributed by atoms with Gasteiger partial charge in [-0.25, -0.2) is 4.79 Å². The molecule has 0 aliphatic heterocycles. The lowest BCUT2D eigenvalue weighted by atomic mass is 9.82. The largest absolute Gasteiger partial charge is 0.508 e. The second-order valence-corrected chi connectivity index (χ2v) is 11.4. The highest BCUT2D eigenvalue weighted by Gasteiger charge is 2.46. The number of aliphatic hydroxyl groups is 1. The molecule has 0 fully saturated rings. The topological polar surface area (TPSA) is 182 Å². The Labute approximate surface area is 266 Å². The van der Waals surface area contributed by atoms with Crippen LogP contribution in [0.2, 0.25) is 0 Å². The third kappa shape index (κ3) is 15.7. The molecule has 1 aromatic rings. The first-order valence-corrected chi connectivity index (χ1v) is 15.9. The Morgan fingerprint density at radius 3 is 2.11 bits per heavy atom. The van der Waals surface area contributed by atoms with E-state index in [2.05, 4.69) is 12.2 Å². The number of nitrogens with two attached hydrogens (primary N) is 1. The van der Waals surface area contributed by atoms with E-state index in [1.165, 1.54) is 51.5 Å². The van der Waals surface area contributed by atoms with E-state index in [-0.39, 0.29) is 18.8 Å². The number of Topliss-reactive ketones (excluding diaryl/α,β-unsaturated/α-hetero) is 1. The van der Waals surface area contributed by atoms with Crippen LogP contribution in [0, 0.1) is 5.92 Å². The maximum Gasteiger partial charge on any atom is 0.328 e. The highest BCUT2D eigenvalue weighted by molar-refractivity contribution is 5.94. The van der Waals surface area contributed by atoms with Crippen LogP contribution in [0.25, 0.3) is 0 Å². The Bertz CT molecular complexity index is 1100. The Morgan fingerprint density at radius 2 is 1.56 bits per heavy atom. The number of nitrogens with one attached hydrogen (secondary N) is 1. The van der Waals surface area contributed by atoms with Gasteiger partial charge in [-0.15, -0.1) is 0 Å². The molecule has 0 saturated heterocycles. The highest BCUT2D eigenvalue weighted by Crippen LogP contribution is 2.25. The molecule has 0 aliphatic rings. The number of ether oxygens (including phenoxy) is 2. The lowest BCUT2D eigenvalue weighted by molar-refractivity contribution is -0.155. The van der Waals surface area contributed by atoms with Gasteiger partial charge >= 0.3 is 11.9 Å². The van der Waals surface area contributed by atoms with Crippen molar-refractivity contribution < 1.29 is 43.7 Å². The van der Waals surface area contributed by atoms with E-state index in [0.29, 0.717) is 30.6 Å². The Kier molecular flexibility index (Phi) is 19.1. The van der Waals surface area contributed by atoms with Crippen LogP contribution in [-0.4, -0.2) is 65.1 Å². The third-order valence-corrected chi connectivity index (χ3v) is 7.65. The van der Waals surface area contributed by atoms with Crippen LogP contribution >= 0.6 is 0 Å². The summed E-state index contributed by atoms with van der Waals surface area (Å²) in [7, 11) is 1.17. The molecule has 45 heavy (non-hydrogen) atoms. The number of benzene rings is 1. The zero-order valence-corrected chi connectivity index (χ0v) is 27.1. The zero-order valence-electron chi connectivity index (χ0n) is 27.1. The van der Waals surface area contributed by atoms with Gasteiger partial charge in [-0.3, -0.25) is 19.2 Å². The number of ketones is 1. The van der Waals surface area contributed by atoms with Gasteiger partial charge in [0.25, 0.3) is 5.91 Å². The van der Waals surface area contributed by atoms with Gasteiger partial charge in [0.1, 0.15) is 17.6 Å². The number of carbonyl (C=O) groups excluding carboxylic acids is 5. The van der Waals surface area contributed by atoms with Crippen molar-refractivity contribution in [2.75, 3.05) is 13.7 Å². The first-order chi connectivity index (χ1) is 21.4. The summed E-state index contributed by atoms with van der Waals surface area (Å²) in [6, 6.07) is 4.86. The molecule has 1 aromatic carbocycles. The summed E-state index contributed by atoms with van der Waals surface area (Å²) in [4.78, 5) is 62.0. The lowest BCUT2D eigenvalue weighted by Gasteiger charge is -2.31. The Hall–Kier alpha value is -3.73. The number of hydrogen-bond donors (Lipinski definition) is 4. The number of amides is 2. The standard InChI is InChI=1S/C34H52N2O9/c1-4-5-6-9-12-15-27(38)16-13-10-7-8-11-14-17-29(34(43,33(35)42)22-23-45-25(2)37)31(40)36-30(32(41)44-3)24-26-18-20-28(39)21-19-26/h14,17-21,29-30,39,43H,4-13,15-16,22-24H2,1-3H3,(H2,35,42)(H,36,40)/b17-14+/t29-,30+,34+/m1/s1. The van der Waals surface area contributed by atoms with Crippen LogP contribution in [0.4, 0.5) is 0 Å². The number of allylic oxidation sites excluding steroid dienone is 1. The van der Waals surface area contributed by atoms with Gasteiger partial charge in [0.15, 0.2) is 5.60 Å². The van der Waals surface area contributed by atoms with E-state index in [1.807, 2.05) is 0 Å². The molecule has 11 heteroatoms. The lowest BCUT2D eigenvalue weighted by Crippen LogP contribution is -2.57. The van der Waals surface area contributed by atoms with E-state index in [0.717, 1.165) is 38.5 Å². The predicted molar refractivity (Wildman–Crippen MR) is 170 cm³/mol. The van der Waals surface area contributed by atoms with Crippen LogP contribution in [-0.2, 0) is 39.9 Å². The van der Waals surface area contributed by atoms with Crippen molar-refractivity contribution in [1.82, 2.24) is 5.32 Å². The van der Waals surface area contributed by atoms with Crippen LogP contribution < -0.4 is 11.1 Å². The number of carbonyl (C=O) groups is 5. The van der Waals surface area contributed by atoms with Crippen LogP contribution in [0.15, 0.2) is 36.4 Å². The van der Waals surface area contributed by atoms with Gasteiger partial charge in [0, 0.05) is 32.6 Å². The molecule has 0 saturated carbocycles. The van der Waals surface area contributed by atoms with Gasteiger partial charge in [0.2, 0.25) is 5.91 Å². The summed E-state index contributed by atoms with van der Waals surface area (Å²) < 4.78 is 9.75. The monoisotopic (exact) mass is 632 g/mol. The maximum atomic E-state index is 13.5. The fraction of sp³-hybridized carbons (Fsp3) is 0.618. The molecule has 0 spiro atoms. The van der Waals surface area contributed by atoms with Crippen LogP contribution in [0.3, 0.4) is 0 Å². The molecular weight excluding hydrogens is 580 g/mol. The van der Waals surface area contributed by atoms with Gasteiger partial charge in [0.05, 0.1) is 19.6 Å². The van der Waals surface area contributed by atoms with Crippen LogP contribution in [0.1, 0.15) is 103 Å². The van der Waals surface area contributed by atoms with E-state index in [4.69, 9.17) is 15.2 Å². The quantitative estimate of drug-likeness (QED) is 0.0737. The molecule has 0 radical (unpaired) electrons. The van der Waals surface area contributed by atoms with Crippen molar-refractivity contribution in [2.45, 2.75) is 115 Å². The summed E-state index contributed by atoms with van der Waals surface area (Å²) in [5.74, 6) is -4.60. The number of aromatic hydroxyl groups is 1. The van der Waals surface area contributed by atoms with E-state index < -0.39 is 47.7 Å². The van der Waals surface area contributed by atoms with Crippen molar-refractivity contribution in [3.05, 3.63) is 42.0 Å². The molecule has 0 unspecified atom stereocenters. The molecule has 0 bridgehead atoms. The van der Waals surface area contributed by atoms with E-state index in [1.54, 1.807) is 18.2 Å². The SMILES string of the molecule is CCCCCCCC(=O)CCCCCC/C=C/[C@H](C(=O)N[C@@H](Cc1ccc(O)cc1)C(=O)OC)[C@@](O)(CCOC(C)=O)C(N)=O. The van der Waals surface area contributed by atoms with Gasteiger partial charge < -0.3 is 30.7 Å². The molecule has 252 valence electrons. The molecule has 0 aliphatic carbocycles. The summed E-state index contributed by atoms with van der Waals surface area (Å²) in [6.07, 6.45) is 13.3. The van der Waals surface area contributed by atoms with Crippen molar-refractivity contribution in [2.24, 2.45) is 11.7 Å². The number of rotatable bonds is 24. The zero-order chi connectivity index (χ0) is 33.7. The first-order valence-electron chi connectivity index (χ1n) is 15.9. The smallest absolute Gasteiger partial charge is 0.328 e. The Morgan fingerprint density at radius 1 is 0.956 bits per heavy atom. The summed E-state index contributed by atoms with van der Waals surface area (Å²) >= 11 is 0. The summed E-state index contributed by atoms with van der Waals surface area (Å²) in [5.41, 5.74) is 3.75. The van der Waals surface area contributed by atoms with Crippen molar-refractivity contribution in [3.8, 4) is 5.75 Å². The number of methoxy groups -OCH3 is 1. The third-order valence-electron chi connectivity index (χ3n) is 7.65. The predicted octanol–water partition coefficient (Wildman–Crippen LogP) is 4.20. The number of unbranched alkanes of at least 4 members (excludes halogenated alkanes) is 8. The maximum absolute atomic E-state index is 13.5. The first kappa shape index (κ1) is 39.3. The molecule has 0 heterocycles.